The van der Waals surface area contributed by atoms with Crippen molar-refractivity contribution in [1.82, 2.24) is 15.1 Å². The lowest BCUT2D eigenvalue weighted by Crippen LogP contribution is -2.50. The van der Waals surface area contributed by atoms with Crippen molar-refractivity contribution in [1.29, 1.82) is 0 Å². The van der Waals surface area contributed by atoms with E-state index in [1.165, 1.54) is 12.1 Å². The molecule has 3 aromatic rings. The predicted octanol–water partition coefficient (Wildman–Crippen LogP) is 4.35. The van der Waals surface area contributed by atoms with Crippen LogP contribution < -0.4 is 34.9 Å². The minimum absolute atomic E-state index is 0.0755. The number of benzene rings is 3. The SMILES string of the molecule is [2H]C([2H])([2H])Oc1cc(C(=O)Nc2cc3c(cc2Oc2cc(C)cc(C)c2)C(=O)NC(CC(=O)N2CCN(C)CC2)C(=O)N3)c(Br)c(OC([2H])([2H])[2H])c1OC([2H])([2H])[2H]. The molecule has 3 aromatic carbocycles. The highest BCUT2D eigenvalue weighted by atomic mass is 79.9. The van der Waals surface area contributed by atoms with Crippen LogP contribution in [0.5, 0.6) is 28.7 Å². The number of aryl methyl sites for hydroxylation is 2. The summed E-state index contributed by atoms with van der Waals surface area (Å²) >= 11 is 3.08. The molecular formula is C34H38BrN5O8. The van der Waals surface area contributed by atoms with Gasteiger partial charge in [-0.3, -0.25) is 19.2 Å². The monoisotopic (exact) mass is 732 g/mol. The molecule has 0 bridgehead atoms. The fourth-order valence-corrected chi connectivity index (χ4v) is 5.96. The third-order valence-corrected chi connectivity index (χ3v) is 8.64. The number of ether oxygens (including phenoxy) is 4. The maximum Gasteiger partial charge on any atom is 0.257 e. The average Bonchev–Trinajstić information content (AvgIpc) is 3.16. The van der Waals surface area contributed by atoms with E-state index in [-0.39, 0.29) is 35.0 Å². The van der Waals surface area contributed by atoms with Crippen molar-refractivity contribution in [2.24, 2.45) is 0 Å². The van der Waals surface area contributed by atoms with Gasteiger partial charge >= 0.3 is 0 Å². The molecule has 13 nitrogen and oxygen atoms in total. The number of carbonyl (C=O) groups is 4. The maximum atomic E-state index is 14.1. The summed E-state index contributed by atoms with van der Waals surface area (Å²) < 4.78 is 89.1. The van der Waals surface area contributed by atoms with Crippen LogP contribution in [0.25, 0.3) is 0 Å². The summed E-state index contributed by atoms with van der Waals surface area (Å²) in [6, 6.07) is 7.29. The number of anilines is 2. The summed E-state index contributed by atoms with van der Waals surface area (Å²) in [7, 11) is -7.85. The molecule has 2 aliphatic heterocycles. The summed E-state index contributed by atoms with van der Waals surface area (Å²) in [6.07, 6.45) is -0.318. The zero-order valence-electron chi connectivity index (χ0n) is 35.1. The number of nitrogens with zero attached hydrogens (tertiary/aromatic N) is 2. The average molecular weight is 734 g/mol. The Morgan fingerprint density at radius 2 is 1.62 bits per heavy atom. The van der Waals surface area contributed by atoms with Gasteiger partial charge in [-0.15, -0.1) is 0 Å². The van der Waals surface area contributed by atoms with Crippen LogP contribution in [0.15, 0.2) is 40.9 Å². The van der Waals surface area contributed by atoms with Gasteiger partial charge in [0, 0.05) is 26.2 Å². The van der Waals surface area contributed by atoms with E-state index >= 15 is 0 Å². The molecule has 1 unspecified atom stereocenters. The Labute approximate surface area is 299 Å². The van der Waals surface area contributed by atoms with Crippen molar-refractivity contribution in [3.8, 4) is 28.7 Å². The molecule has 2 aliphatic rings. The minimum atomic E-state index is -3.27. The molecule has 0 spiro atoms. The van der Waals surface area contributed by atoms with E-state index in [0.29, 0.717) is 31.9 Å². The first kappa shape index (κ1) is 24.3. The quantitative estimate of drug-likeness (QED) is 0.292. The molecule has 0 saturated carbocycles. The predicted molar refractivity (Wildman–Crippen MR) is 183 cm³/mol. The van der Waals surface area contributed by atoms with Crippen LogP contribution in [0.4, 0.5) is 11.4 Å². The highest BCUT2D eigenvalue weighted by molar-refractivity contribution is 9.10. The lowest BCUT2D eigenvalue weighted by Gasteiger charge is -2.33. The van der Waals surface area contributed by atoms with Crippen LogP contribution in [0.2, 0.25) is 0 Å². The summed E-state index contributed by atoms with van der Waals surface area (Å²) in [5.41, 5.74) is 0.801. The number of hydrogen-bond donors (Lipinski definition) is 3. The van der Waals surface area contributed by atoms with Gasteiger partial charge in [-0.25, -0.2) is 0 Å². The molecule has 1 fully saturated rings. The summed E-state index contributed by atoms with van der Waals surface area (Å²) in [5, 5.41) is 7.82. The number of likely N-dealkylation sites (N-methyl/N-ethyl adjacent to an activating group) is 1. The van der Waals surface area contributed by atoms with Gasteiger partial charge in [-0.2, -0.15) is 0 Å². The lowest BCUT2D eigenvalue weighted by molar-refractivity contribution is -0.135. The molecule has 0 radical (unpaired) electrons. The first-order chi connectivity index (χ1) is 26.4. The Balaban J connectivity index is 1.58. The summed E-state index contributed by atoms with van der Waals surface area (Å²) in [5.74, 6) is -5.40. The van der Waals surface area contributed by atoms with E-state index in [9.17, 15) is 19.2 Å². The van der Waals surface area contributed by atoms with Crippen molar-refractivity contribution in [2.75, 3.05) is 65.0 Å². The molecule has 14 heteroatoms. The third kappa shape index (κ3) is 7.34. The largest absolute Gasteiger partial charge is 0.493 e. The van der Waals surface area contributed by atoms with Gasteiger partial charge in [0.25, 0.3) is 11.8 Å². The van der Waals surface area contributed by atoms with Gasteiger partial charge in [-0.05, 0) is 78.3 Å². The second-order valence-corrected chi connectivity index (χ2v) is 12.2. The van der Waals surface area contributed by atoms with Crippen molar-refractivity contribution in [2.45, 2.75) is 26.3 Å². The Morgan fingerprint density at radius 1 is 0.938 bits per heavy atom. The Hall–Kier alpha value is -4.82. The first-order valence-corrected chi connectivity index (χ1v) is 15.4. The second kappa shape index (κ2) is 14.5. The molecule has 0 aromatic heterocycles. The Bertz CT molecular complexity index is 2070. The molecule has 48 heavy (non-hydrogen) atoms. The highest BCUT2D eigenvalue weighted by Crippen LogP contribution is 2.45. The van der Waals surface area contributed by atoms with Gasteiger partial charge in [0.1, 0.15) is 11.8 Å². The number of piperazine rings is 1. The zero-order valence-corrected chi connectivity index (χ0v) is 27.7. The molecule has 2 heterocycles. The van der Waals surface area contributed by atoms with Gasteiger partial charge in [-0.1, -0.05) is 6.07 Å². The van der Waals surface area contributed by atoms with E-state index in [4.69, 9.17) is 31.3 Å². The van der Waals surface area contributed by atoms with Crippen LogP contribution >= 0.6 is 15.9 Å². The Morgan fingerprint density at radius 3 is 2.31 bits per heavy atom. The summed E-state index contributed by atoms with van der Waals surface area (Å²) in [6.45, 7) is 5.85. The fraction of sp³-hybridized carbons (Fsp3) is 0.353. The van der Waals surface area contributed by atoms with Gasteiger partial charge in [0.2, 0.25) is 17.6 Å². The van der Waals surface area contributed by atoms with Gasteiger partial charge < -0.3 is 44.7 Å². The number of carbonyl (C=O) groups excluding carboxylic acids is 4. The zero-order chi connectivity index (χ0) is 42.2. The first-order valence-electron chi connectivity index (χ1n) is 19.1. The van der Waals surface area contributed by atoms with Crippen LogP contribution in [0.1, 0.15) is 50.6 Å². The second-order valence-electron chi connectivity index (χ2n) is 11.4. The van der Waals surface area contributed by atoms with Crippen molar-refractivity contribution in [3.05, 3.63) is 63.1 Å². The molecule has 0 aliphatic carbocycles. The maximum absolute atomic E-state index is 14.1. The fourth-order valence-electron chi connectivity index (χ4n) is 5.41. The Kier molecular flexibility index (Phi) is 7.36. The summed E-state index contributed by atoms with van der Waals surface area (Å²) in [4.78, 5) is 58.1. The highest BCUT2D eigenvalue weighted by Gasteiger charge is 2.33. The van der Waals surface area contributed by atoms with Crippen molar-refractivity contribution < 1.29 is 50.5 Å². The number of methoxy groups -OCH3 is 3. The van der Waals surface area contributed by atoms with Gasteiger partial charge in [0.15, 0.2) is 17.2 Å². The van der Waals surface area contributed by atoms with E-state index in [1.54, 1.807) is 17.0 Å². The molecule has 3 N–H and O–H groups in total. The molecule has 5 rings (SSSR count). The lowest BCUT2D eigenvalue weighted by atomic mass is 10.1. The smallest absolute Gasteiger partial charge is 0.257 e. The molecule has 1 saturated heterocycles. The molecule has 254 valence electrons. The van der Waals surface area contributed by atoms with E-state index in [1.807, 2.05) is 27.0 Å². The van der Waals surface area contributed by atoms with Crippen LogP contribution in [-0.4, -0.2) is 93.8 Å². The molecular weight excluding hydrogens is 686 g/mol. The van der Waals surface area contributed by atoms with Crippen LogP contribution in [0, 0.1) is 13.8 Å². The number of halogens is 1. The normalized spacial score (nSPS) is 19.8. The van der Waals surface area contributed by atoms with Crippen molar-refractivity contribution >= 4 is 50.9 Å². The van der Waals surface area contributed by atoms with Gasteiger partial charge in [0.05, 0.1) is 66.8 Å². The number of nitrogens with one attached hydrogen (secondary N) is 3. The number of amides is 4. The van der Waals surface area contributed by atoms with Crippen LogP contribution in [-0.2, 0) is 9.59 Å². The number of rotatable bonds is 9. The van der Waals surface area contributed by atoms with E-state index < -0.39 is 72.2 Å². The number of hydrogen-bond acceptors (Lipinski definition) is 9. The third-order valence-electron chi connectivity index (χ3n) is 7.85. The minimum Gasteiger partial charge on any atom is -0.493 e. The van der Waals surface area contributed by atoms with E-state index in [0.717, 1.165) is 17.2 Å². The molecule has 1 atom stereocenters. The standard InChI is InChI=1S/C34H38BrN5O8/c1-18-11-19(2)13-20(12-18)48-26-14-21-23(36-34(44)25(38-32(21)42)17-28(41)40-9-7-39(3)8-10-40)16-24(26)37-33(43)22-15-27(45-4)30(46-5)31(47-6)29(22)35/h11-16,25H,7-10,17H2,1-6H3,(H,36,44)(H,37,43)(H,38,42)/i4D3,5D3,6D3. The number of fused-ring (bicyclic) bond motifs is 1. The van der Waals surface area contributed by atoms with Crippen molar-refractivity contribution in [3.63, 3.8) is 0 Å². The van der Waals surface area contributed by atoms with E-state index in [2.05, 4.69) is 36.8 Å². The van der Waals surface area contributed by atoms with Crippen LogP contribution in [0.3, 0.4) is 0 Å². The topological polar surface area (TPSA) is 148 Å². The molecule has 4 amide bonds.